The van der Waals surface area contributed by atoms with Gasteiger partial charge in [-0.1, -0.05) is 53.7 Å². The number of hydrogen-bond acceptors (Lipinski definition) is 2. The molecule has 3 heteroatoms. The first-order chi connectivity index (χ1) is 15.9. The second-order valence-electron chi connectivity index (χ2n) is 13.6. The fourth-order valence-corrected chi connectivity index (χ4v) is 10.2. The van der Waals surface area contributed by atoms with E-state index in [9.17, 15) is 4.79 Å². The van der Waals surface area contributed by atoms with Gasteiger partial charge >= 0.3 is 5.97 Å². The Morgan fingerprint density at radius 3 is 2.38 bits per heavy atom. The van der Waals surface area contributed by atoms with E-state index in [1.165, 1.54) is 45.4 Å². The molecule has 4 aliphatic carbocycles. The molecule has 0 bridgehead atoms. The normalized spacial score (nSPS) is 46.0. The number of ether oxygens (including phenoxy) is 1. The van der Waals surface area contributed by atoms with Gasteiger partial charge in [0.15, 0.2) is 0 Å². The maximum absolute atomic E-state index is 11.6. The zero-order valence-electron chi connectivity index (χ0n) is 23.0. The summed E-state index contributed by atoms with van der Waals surface area (Å²) in [5.41, 5.74) is 0.646. The van der Waals surface area contributed by atoms with Gasteiger partial charge in [-0.05, 0) is 110 Å². The molecule has 0 spiro atoms. The summed E-state index contributed by atoms with van der Waals surface area (Å²) in [6.45, 7) is 16.2. The van der Waals surface area contributed by atoms with Crippen molar-refractivity contribution in [2.45, 2.75) is 124 Å². The maximum Gasteiger partial charge on any atom is 0.302 e. The van der Waals surface area contributed by atoms with Crippen LogP contribution in [0.2, 0.25) is 0 Å². The van der Waals surface area contributed by atoms with Crippen molar-refractivity contribution in [1.29, 1.82) is 0 Å². The Bertz CT molecular complexity index is 775. The first-order valence-corrected chi connectivity index (χ1v) is 14.9. The Labute approximate surface area is 215 Å². The molecule has 4 rings (SSSR count). The molecule has 0 aromatic carbocycles. The Kier molecular flexibility index (Phi) is 7.62. The molecular weight excluding hydrogens is 440 g/mol. The molecule has 0 radical (unpaired) electrons. The highest BCUT2D eigenvalue weighted by Crippen LogP contribution is 2.70. The molecule has 194 valence electrons. The first kappa shape index (κ1) is 26.6. The van der Waals surface area contributed by atoms with E-state index in [0.717, 1.165) is 55.3 Å². The average molecular weight is 491 g/mol. The number of allylic oxidation sites excluding steroid dienone is 2. The van der Waals surface area contributed by atoms with Crippen LogP contribution in [0.15, 0.2) is 12.2 Å². The van der Waals surface area contributed by atoms with Crippen molar-refractivity contribution in [3.05, 3.63) is 12.2 Å². The molecule has 0 aliphatic heterocycles. The molecule has 10 unspecified atom stereocenters. The molecule has 34 heavy (non-hydrogen) atoms. The van der Waals surface area contributed by atoms with Crippen molar-refractivity contribution < 1.29 is 9.53 Å². The molecule has 4 fully saturated rings. The van der Waals surface area contributed by atoms with Gasteiger partial charge in [0, 0.05) is 13.3 Å². The first-order valence-electron chi connectivity index (χ1n) is 14.5. The molecule has 0 amide bonds. The largest absolute Gasteiger partial charge is 0.462 e. The molecular formula is C31H51ClO2. The van der Waals surface area contributed by atoms with Crippen LogP contribution in [-0.4, -0.2) is 16.9 Å². The number of hydrogen-bond donors (Lipinski definition) is 0. The average Bonchev–Trinajstić information content (AvgIpc) is 3.11. The van der Waals surface area contributed by atoms with Crippen LogP contribution in [0.25, 0.3) is 0 Å². The molecule has 0 heterocycles. The van der Waals surface area contributed by atoms with E-state index in [4.69, 9.17) is 16.3 Å². The summed E-state index contributed by atoms with van der Waals surface area (Å²) in [4.78, 5) is 11.4. The van der Waals surface area contributed by atoms with Gasteiger partial charge in [-0.2, -0.15) is 0 Å². The van der Waals surface area contributed by atoms with Crippen LogP contribution in [0.3, 0.4) is 0 Å². The predicted molar refractivity (Wildman–Crippen MR) is 143 cm³/mol. The van der Waals surface area contributed by atoms with E-state index in [1.54, 1.807) is 0 Å². The van der Waals surface area contributed by atoms with Crippen molar-refractivity contribution in [2.75, 3.05) is 0 Å². The van der Waals surface area contributed by atoms with Crippen LogP contribution in [-0.2, 0) is 9.53 Å². The van der Waals surface area contributed by atoms with E-state index < -0.39 is 0 Å². The summed E-state index contributed by atoms with van der Waals surface area (Å²) < 4.78 is 5.64. The van der Waals surface area contributed by atoms with E-state index in [2.05, 4.69) is 53.7 Å². The molecule has 0 N–H and O–H groups in total. The Balaban J connectivity index is 1.50. The highest BCUT2D eigenvalue weighted by Gasteiger charge is 2.64. The van der Waals surface area contributed by atoms with Gasteiger partial charge in [-0.15, -0.1) is 11.6 Å². The third-order valence-electron chi connectivity index (χ3n) is 11.7. The number of rotatable bonds is 6. The van der Waals surface area contributed by atoms with Crippen LogP contribution >= 0.6 is 11.6 Å². The van der Waals surface area contributed by atoms with Crippen LogP contribution in [0, 0.1) is 52.3 Å². The molecule has 0 aromatic heterocycles. The van der Waals surface area contributed by atoms with Crippen molar-refractivity contribution in [3.8, 4) is 0 Å². The summed E-state index contributed by atoms with van der Waals surface area (Å²) in [5, 5.41) is 0. The molecule has 0 saturated heterocycles. The predicted octanol–water partition coefficient (Wildman–Crippen LogP) is 8.81. The molecule has 2 nitrogen and oxygen atoms in total. The topological polar surface area (TPSA) is 26.3 Å². The van der Waals surface area contributed by atoms with Gasteiger partial charge in [0.1, 0.15) is 6.10 Å². The number of carbonyl (C=O) groups excluding carboxylic acids is 1. The molecule has 4 aliphatic rings. The molecule has 10 atom stereocenters. The molecule has 4 saturated carbocycles. The van der Waals surface area contributed by atoms with Gasteiger partial charge in [-0.3, -0.25) is 4.79 Å². The quantitative estimate of drug-likeness (QED) is 0.211. The summed E-state index contributed by atoms with van der Waals surface area (Å²) in [5.74, 6) is 5.16. The van der Waals surface area contributed by atoms with Gasteiger partial charge in [-0.25, -0.2) is 0 Å². The number of carbonyl (C=O) groups is 1. The summed E-state index contributed by atoms with van der Waals surface area (Å²) in [6, 6.07) is 0. The van der Waals surface area contributed by atoms with E-state index in [-0.39, 0.29) is 22.4 Å². The summed E-state index contributed by atoms with van der Waals surface area (Å²) in [6.07, 6.45) is 17.1. The van der Waals surface area contributed by atoms with Crippen LogP contribution < -0.4 is 0 Å². The van der Waals surface area contributed by atoms with Gasteiger partial charge in [0.25, 0.3) is 0 Å². The Morgan fingerprint density at radius 2 is 1.74 bits per heavy atom. The minimum Gasteiger partial charge on any atom is -0.462 e. The summed E-state index contributed by atoms with van der Waals surface area (Å²) in [7, 11) is 0. The van der Waals surface area contributed by atoms with Crippen LogP contribution in [0.5, 0.6) is 0 Å². The number of halogens is 1. The fourth-order valence-electron chi connectivity index (χ4n) is 9.68. The van der Waals surface area contributed by atoms with Crippen molar-refractivity contribution in [3.63, 3.8) is 0 Å². The zero-order valence-corrected chi connectivity index (χ0v) is 23.8. The van der Waals surface area contributed by atoms with Crippen molar-refractivity contribution in [1.82, 2.24) is 0 Å². The second-order valence-corrected chi connectivity index (χ2v) is 14.3. The lowest BCUT2D eigenvalue weighted by Gasteiger charge is -2.64. The van der Waals surface area contributed by atoms with Crippen molar-refractivity contribution >= 4 is 17.6 Å². The highest BCUT2D eigenvalue weighted by molar-refractivity contribution is 6.24. The van der Waals surface area contributed by atoms with E-state index >= 15 is 0 Å². The number of alkyl halides is 1. The van der Waals surface area contributed by atoms with E-state index in [0.29, 0.717) is 17.3 Å². The lowest BCUT2D eigenvalue weighted by molar-refractivity contribution is -0.157. The van der Waals surface area contributed by atoms with Gasteiger partial charge in [0.05, 0.1) is 4.87 Å². The van der Waals surface area contributed by atoms with Crippen LogP contribution in [0.1, 0.15) is 113 Å². The Hall–Kier alpha value is -0.500. The third-order valence-corrected chi connectivity index (χ3v) is 12.5. The number of esters is 1. The Morgan fingerprint density at radius 1 is 1.00 bits per heavy atom. The lowest BCUT2D eigenvalue weighted by atomic mass is 9.44. The van der Waals surface area contributed by atoms with Crippen LogP contribution in [0.4, 0.5) is 0 Å². The van der Waals surface area contributed by atoms with Gasteiger partial charge < -0.3 is 4.74 Å². The van der Waals surface area contributed by atoms with Gasteiger partial charge in [0.2, 0.25) is 0 Å². The zero-order chi connectivity index (χ0) is 24.9. The van der Waals surface area contributed by atoms with E-state index in [1.807, 2.05) is 0 Å². The second kappa shape index (κ2) is 9.75. The lowest BCUT2D eigenvalue weighted by Crippen LogP contribution is -2.60. The minimum atomic E-state index is -0.208. The minimum absolute atomic E-state index is 0.00904. The highest BCUT2D eigenvalue weighted by atomic mass is 35.5. The summed E-state index contributed by atoms with van der Waals surface area (Å²) >= 11 is 7.48. The maximum atomic E-state index is 11.6. The standard InChI is InChI=1S/C31H51ClO2/c1-8-23(20(2)3)10-9-21(4)26-11-12-27-25-14-18-31(32)19-24(34-22(5)33)13-17-30(31,7)28(25)15-16-29(26,27)6/h9-10,20-21,23-28H,8,11-19H2,1-7H3/b10-9+. The van der Waals surface area contributed by atoms with Crippen molar-refractivity contribution in [2.24, 2.45) is 52.3 Å². The SMILES string of the molecule is CCC(/C=C/C(C)C1CCC2C3CCC4(Cl)CC(OC(C)=O)CCC4(C)C3CCC12C)C(C)C. The number of fused-ring (bicyclic) bond motifs is 5. The fraction of sp³-hybridized carbons (Fsp3) is 0.903. The smallest absolute Gasteiger partial charge is 0.302 e. The monoisotopic (exact) mass is 490 g/mol. The molecule has 0 aromatic rings. The third kappa shape index (κ3) is 4.41.